The van der Waals surface area contributed by atoms with Crippen molar-refractivity contribution in [2.24, 2.45) is 7.05 Å². The van der Waals surface area contributed by atoms with Gasteiger partial charge in [0, 0.05) is 18.9 Å². The molecule has 3 aromatic rings. The topological polar surface area (TPSA) is 64.7 Å². The molecule has 1 amide bonds. The predicted molar refractivity (Wildman–Crippen MR) is 99.3 cm³/mol. The Labute approximate surface area is 155 Å². The van der Waals surface area contributed by atoms with Gasteiger partial charge in [0.1, 0.15) is 5.69 Å². The number of nitrogens with one attached hydrogen (secondary N) is 1. The Bertz CT molecular complexity index is 820. The Hall–Kier alpha value is -1.68. The number of amides is 1. The summed E-state index contributed by atoms with van der Waals surface area (Å²) in [6.07, 6.45) is 5.34. The van der Waals surface area contributed by atoms with Gasteiger partial charge < -0.3 is 5.32 Å². The summed E-state index contributed by atoms with van der Waals surface area (Å²) < 4.78 is 5.19. The summed E-state index contributed by atoms with van der Waals surface area (Å²) in [7, 11) is 1.75. The van der Waals surface area contributed by atoms with Gasteiger partial charge in [0.15, 0.2) is 0 Å². The van der Waals surface area contributed by atoms with Crippen LogP contribution in [0, 0.1) is 3.57 Å². The van der Waals surface area contributed by atoms with Crippen LogP contribution in [0.4, 0.5) is 5.69 Å². The fourth-order valence-corrected chi connectivity index (χ4v) is 3.21. The molecule has 0 fully saturated rings. The van der Waals surface area contributed by atoms with E-state index in [1.807, 2.05) is 35.1 Å². The van der Waals surface area contributed by atoms with Crippen LogP contribution in [-0.4, -0.2) is 25.5 Å². The molecule has 1 aromatic carbocycles. The Kier molecular flexibility index (Phi) is 4.81. The summed E-state index contributed by atoms with van der Waals surface area (Å²) in [6, 6.07) is 7.71. The molecule has 0 bridgehead atoms. The highest BCUT2D eigenvalue weighted by molar-refractivity contribution is 14.1. The van der Waals surface area contributed by atoms with Crippen molar-refractivity contribution >= 4 is 50.1 Å². The van der Waals surface area contributed by atoms with Crippen LogP contribution in [0.1, 0.15) is 16.1 Å². The van der Waals surface area contributed by atoms with E-state index in [4.69, 9.17) is 0 Å². The molecule has 0 aliphatic carbocycles. The van der Waals surface area contributed by atoms with Gasteiger partial charge >= 0.3 is 0 Å². The number of rotatable bonds is 4. The average molecular weight is 486 g/mol. The highest BCUT2D eigenvalue weighted by atomic mass is 127. The molecule has 0 radical (unpaired) electrons. The second kappa shape index (κ2) is 6.83. The molecule has 0 saturated heterocycles. The molecule has 8 heteroatoms. The van der Waals surface area contributed by atoms with Crippen LogP contribution in [0.2, 0.25) is 0 Å². The lowest BCUT2D eigenvalue weighted by Gasteiger charge is -2.07. The lowest BCUT2D eigenvalue weighted by molar-refractivity contribution is 0.101. The maximum absolute atomic E-state index is 12.3. The summed E-state index contributed by atoms with van der Waals surface area (Å²) in [5, 5.41) is 11.2. The standard InChI is InChI=1S/C15H13BrIN5O/c1-21-14(13(17)7-18-21)15(23)20-12-4-2-10(3-5-12)8-22-9-11(16)6-19-22/h2-7,9H,8H2,1H3,(H,20,23). The van der Waals surface area contributed by atoms with Crippen molar-refractivity contribution in [2.75, 3.05) is 5.32 Å². The van der Waals surface area contributed by atoms with E-state index in [0.717, 1.165) is 19.3 Å². The summed E-state index contributed by atoms with van der Waals surface area (Å²) in [5.41, 5.74) is 2.40. The molecule has 0 aliphatic rings. The zero-order chi connectivity index (χ0) is 16.4. The van der Waals surface area contributed by atoms with Crippen LogP contribution in [0.15, 0.2) is 47.3 Å². The zero-order valence-corrected chi connectivity index (χ0v) is 15.9. The number of halogens is 2. The summed E-state index contributed by atoms with van der Waals surface area (Å²) >= 11 is 5.48. The van der Waals surface area contributed by atoms with Crippen molar-refractivity contribution < 1.29 is 4.79 Å². The van der Waals surface area contributed by atoms with Gasteiger partial charge in [0.05, 0.1) is 27.0 Å². The van der Waals surface area contributed by atoms with E-state index in [0.29, 0.717) is 12.2 Å². The van der Waals surface area contributed by atoms with Crippen molar-refractivity contribution in [3.8, 4) is 0 Å². The predicted octanol–water partition coefficient (Wildman–Crippen LogP) is 3.28. The molecular formula is C15H13BrIN5O. The van der Waals surface area contributed by atoms with Gasteiger partial charge in [0.2, 0.25) is 0 Å². The first kappa shape index (κ1) is 16.2. The first-order chi connectivity index (χ1) is 11.0. The molecule has 1 N–H and O–H groups in total. The Morgan fingerprint density at radius 1 is 1.26 bits per heavy atom. The smallest absolute Gasteiger partial charge is 0.275 e. The molecule has 0 atom stereocenters. The molecule has 2 aromatic heterocycles. The number of hydrogen-bond donors (Lipinski definition) is 1. The first-order valence-electron chi connectivity index (χ1n) is 6.78. The zero-order valence-electron chi connectivity index (χ0n) is 12.2. The van der Waals surface area contributed by atoms with Crippen molar-refractivity contribution in [2.45, 2.75) is 6.54 Å². The summed E-state index contributed by atoms with van der Waals surface area (Å²) in [4.78, 5) is 12.3. The number of aryl methyl sites for hydroxylation is 1. The fourth-order valence-electron chi connectivity index (χ4n) is 2.16. The lowest BCUT2D eigenvalue weighted by Crippen LogP contribution is -2.17. The van der Waals surface area contributed by atoms with Crippen LogP contribution in [0.25, 0.3) is 0 Å². The van der Waals surface area contributed by atoms with Gasteiger partial charge in [-0.15, -0.1) is 0 Å². The van der Waals surface area contributed by atoms with Gasteiger partial charge in [-0.2, -0.15) is 10.2 Å². The highest BCUT2D eigenvalue weighted by Crippen LogP contribution is 2.16. The minimum absolute atomic E-state index is 0.168. The molecular weight excluding hydrogens is 473 g/mol. The van der Waals surface area contributed by atoms with E-state index in [1.165, 1.54) is 0 Å². The molecule has 3 rings (SSSR count). The van der Waals surface area contributed by atoms with Crippen LogP contribution in [0.3, 0.4) is 0 Å². The number of benzene rings is 1. The molecule has 0 unspecified atom stereocenters. The van der Waals surface area contributed by atoms with Crippen LogP contribution in [-0.2, 0) is 13.6 Å². The summed E-state index contributed by atoms with van der Waals surface area (Å²) in [5.74, 6) is -0.168. The molecule has 0 aliphatic heterocycles. The van der Waals surface area contributed by atoms with Crippen LogP contribution >= 0.6 is 38.5 Å². The minimum atomic E-state index is -0.168. The van der Waals surface area contributed by atoms with E-state index in [-0.39, 0.29) is 5.91 Å². The fraction of sp³-hybridized carbons (Fsp3) is 0.133. The normalized spacial score (nSPS) is 10.7. The Balaban J connectivity index is 1.69. The maximum Gasteiger partial charge on any atom is 0.275 e. The monoisotopic (exact) mass is 485 g/mol. The number of carbonyl (C=O) groups excluding carboxylic acids is 1. The minimum Gasteiger partial charge on any atom is -0.321 e. The Morgan fingerprint density at radius 2 is 2.00 bits per heavy atom. The van der Waals surface area contributed by atoms with E-state index < -0.39 is 0 Å². The SMILES string of the molecule is Cn1ncc(I)c1C(=O)Nc1ccc(Cn2cc(Br)cn2)cc1. The average Bonchev–Trinajstić information content (AvgIpc) is 3.07. The van der Waals surface area contributed by atoms with Gasteiger partial charge in [-0.05, 0) is 56.2 Å². The maximum atomic E-state index is 12.3. The molecule has 2 heterocycles. The quantitative estimate of drug-likeness (QED) is 0.577. The molecule has 0 saturated carbocycles. The second-order valence-electron chi connectivity index (χ2n) is 4.97. The van der Waals surface area contributed by atoms with Crippen molar-refractivity contribution in [1.82, 2.24) is 19.6 Å². The van der Waals surface area contributed by atoms with Gasteiger partial charge in [-0.25, -0.2) is 0 Å². The van der Waals surface area contributed by atoms with E-state index in [1.54, 1.807) is 24.1 Å². The number of anilines is 1. The largest absolute Gasteiger partial charge is 0.321 e. The van der Waals surface area contributed by atoms with E-state index in [9.17, 15) is 4.79 Å². The van der Waals surface area contributed by atoms with Crippen molar-refractivity contribution in [3.05, 3.63) is 62.2 Å². The highest BCUT2D eigenvalue weighted by Gasteiger charge is 2.15. The van der Waals surface area contributed by atoms with Crippen molar-refractivity contribution in [3.63, 3.8) is 0 Å². The third-order valence-electron chi connectivity index (χ3n) is 3.27. The number of carbonyl (C=O) groups is 1. The van der Waals surface area contributed by atoms with E-state index >= 15 is 0 Å². The van der Waals surface area contributed by atoms with Crippen LogP contribution in [0.5, 0.6) is 0 Å². The number of aromatic nitrogens is 4. The van der Waals surface area contributed by atoms with Gasteiger partial charge in [-0.1, -0.05) is 12.1 Å². The Morgan fingerprint density at radius 3 is 2.57 bits per heavy atom. The third-order valence-corrected chi connectivity index (χ3v) is 4.47. The van der Waals surface area contributed by atoms with Crippen molar-refractivity contribution in [1.29, 1.82) is 0 Å². The summed E-state index contributed by atoms with van der Waals surface area (Å²) in [6.45, 7) is 0.680. The molecule has 118 valence electrons. The number of nitrogens with zero attached hydrogens (tertiary/aromatic N) is 4. The second-order valence-corrected chi connectivity index (χ2v) is 7.05. The third kappa shape index (κ3) is 3.81. The number of hydrogen-bond acceptors (Lipinski definition) is 3. The first-order valence-corrected chi connectivity index (χ1v) is 8.66. The lowest BCUT2D eigenvalue weighted by atomic mass is 10.2. The molecule has 0 spiro atoms. The van der Waals surface area contributed by atoms with E-state index in [2.05, 4.69) is 54.0 Å². The molecule has 23 heavy (non-hydrogen) atoms. The van der Waals surface area contributed by atoms with Gasteiger partial charge in [-0.3, -0.25) is 14.2 Å². The van der Waals surface area contributed by atoms with Gasteiger partial charge in [0.25, 0.3) is 5.91 Å². The van der Waals surface area contributed by atoms with Crippen LogP contribution < -0.4 is 5.32 Å². The molecule has 6 nitrogen and oxygen atoms in total.